The maximum Gasteiger partial charge on any atom is 0.229 e. The number of nitrogens with zero attached hydrogens (tertiary/aromatic N) is 1. The molecule has 0 saturated heterocycles. The summed E-state index contributed by atoms with van der Waals surface area (Å²) in [7, 11) is 5.40. The summed E-state index contributed by atoms with van der Waals surface area (Å²) in [5.41, 5.74) is 8.48. The normalized spacial score (nSPS) is 18.6. The predicted octanol–water partition coefficient (Wildman–Crippen LogP) is 11.7. The fraction of sp³-hybridized carbons (Fsp3) is 0.523. The molecular formula is C44H60BNO4. The number of fused-ring (bicyclic) bond motifs is 6. The average Bonchev–Trinajstić information content (AvgIpc) is 3.05. The van der Waals surface area contributed by atoms with Gasteiger partial charge in [-0.1, -0.05) is 82.3 Å². The van der Waals surface area contributed by atoms with Gasteiger partial charge >= 0.3 is 0 Å². The highest BCUT2D eigenvalue weighted by Gasteiger charge is 2.45. The van der Waals surface area contributed by atoms with Crippen LogP contribution in [-0.2, 0) is 18.4 Å². The average molecular weight is 680 g/mol. The molecule has 3 aromatic carbocycles. The molecule has 0 fully saturated rings. The van der Waals surface area contributed by atoms with Crippen LogP contribution in [0, 0.1) is 24.1 Å². The lowest BCUT2D eigenvalue weighted by molar-refractivity contribution is 0.0107. The van der Waals surface area contributed by atoms with Gasteiger partial charge in [0.2, 0.25) is 7.85 Å². The molecule has 1 unspecified atom stereocenters. The number of aromatic hydroxyl groups is 2. The Kier molecular flexibility index (Phi) is 13.5. The first kappa shape index (κ1) is 38.9. The van der Waals surface area contributed by atoms with E-state index < -0.39 is 0 Å². The molecule has 0 bridgehead atoms. The van der Waals surface area contributed by atoms with Crippen LogP contribution in [0.3, 0.4) is 0 Å². The van der Waals surface area contributed by atoms with E-state index in [4.69, 9.17) is 16.1 Å². The van der Waals surface area contributed by atoms with Gasteiger partial charge in [0.05, 0.1) is 5.56 Å². The Bertz CT molecular complexity index is 1690. The molecule has 3 aliphatic rings. The zero-order valence-corrected chi connectivity index (χ0v) is 32.1. The second kappa shape index (κ2) is 17.4. The molecule has 0 saturated carbocycles. The van der Waals surface area contributed by atoms with Crippen molar-refractivity contribution in [3.05, 3.63) is 81.9 Å². The first-order valence-corrected chi connectivity index (χ1v) is 18.2. The smallest absolute Gasteiger partial charge is 0.229 e. The summed E-state index contributed by atoms with van der Waals surface area (Å²) in [4.78, 5) is 0. The lowest BCUT2D eigenvalue weighted by Crippen LogP contribution is -2.45. The lowest BCUT2D eigenvalue weighted by atomic mass is 9.68. The van der Waals surface area contributed by atoms with Crippen LogP contribution in [-0.4, -0.2) is 23.7 Å². The van der Waals surface area contributed by atoms with E-state index in [1.165, 1.54) is 62.2 Å². The van der Waals surface area contributed by atoms with E-state index in [1.54, 1.807) is 0 Å². The Labute approximate surface area is 305 Å². The maximum atomic E-state index is 10.7. The Morgan fingerprint density at radius 1 is 0.880 bits per heavy atom. The van der Waals surface area contributed by atoms with Crippen molar-refractivity contribution in [2.24, 2.45) is 5.92 Å². The van der Waals surface area contributed by atoms with Crippen LogP contribution in [0.25, 0.3) is 11.1 Å². The first-order valence-electron chi connectivity index (χ1n) is 19.2. The molecule has 0 aromatic heterocycles. The van der Waals surface area contributed by atoms with Crippen LogP contribution >= 0.6 is 0 Å². The fourth-order valence-corrected chi connectivity index (χ4v) is 7.75. The molecule has 2 radical (unpaired) electrons. The molecule has 268 valence electrons. The Morgan fingerprint density at radius 2 is 1.46 bits per heavy atom. The minimum atomic E-state index is -0.384. The van der Waals surface area contributed by atoms with Gasteiger partial charge in [0.25, 0.3) is 0 Å². The molecule has 0 amide bonds. The summed E-state index contributed by atoms with van der Waals surface area (Å²) in [5, 5.41) is 28.4. The number of hydrogen-bond donors (Lipinski definition) is 2. The minimum absolute atomic E-state index is 0.177. The third-order valence-corrected chi connectivity index (χ3v) is 10.3. The Balaban J connectivity index is 0.000000245. The number of aryl methyl sites for hydroxylation is 3. The van der Waals surface area contributed by atoms with Crippen molar-refractivity contribution < 1.29 is 21.1 Å². The SMILES string of the molecule is CCCCCc1cc(O)c2c(c1)OC(C)(C)[C@@H]1CCC(C)=CC21.CCCCCc1cc(O)c2c(c1)OC(C)(C)c1ccc(C)cc1-2.[3H]C.[B]C#N. The van der Waals surface area contributed by atoms with Gasteiger partial charge in [-0.15, -0.1) is 0 Å². The van der Waals surface area contributed by atoms with Gasteiger partial charge in [0.1, 0.15) is 34.2 Å². The largest absolute Gasteiger partial charge is 0.507 e. The molecule has 2 N–H and O–H groups in total. The molecule has 0 spiro atoms. The summed E-state index contributed by atoms with van der Waals surface area (Å²) < 4.78 is 18.4. The van der Waals surface area contributed by atoms with Gasteiger partial charge in [-0.25, -0.2) is 5.26 Å². The number of phenols is 2. The van der Waals surface area contributed by atoms with E-state index in [2.05, 4.69) is 99.6 Å². The summed E-state index contributed by atoms with van der Waals surface area (Å²) in [6.45, 7) is 17.3. The van der Waals surface area contributed by atoms with E-state index >= 15 is 0 Å². The fourth-order valence-electron chi connectivity index (χ4n) is 7.75. The predicted molar refractivity (Wildman–Crippen MR) is 209 cm³/mol. The van der Waals surface area contributed by atoms with Crippen molar-refractivity contribution in [3.8, 4) is 40.1 Å². The van der Waals surface area contributed by atoms with Crippen LogP contribution in [0.15, 0.2) is 54.1 Å². The summed E-state index contributed by atoms with van der Waals surface area (Å²) in [6.07, 6.45) is 13.8. The van der Waals surface area contributed by atoms with Crippen LogP contribution < -0.4 is 9.47 Å². The van der Waals surface area contributed by atoms with Gasteiger partial charge in [-0.2, -0.15) is 0 Å². The number of hydrogen-bond acceptors (Lipinski definition) is 5. The minimum Gasteiger partial charge on any atom is -0.507 e. The molecule has 1 aliphatic carbocycles. The molecule has 2 heterocycles. The monoisotopic (exact) mass is 679 g/mol. The number of unbranched alkanes of at least 4 members (excludes halogenated alkanes) is 4. The van der Waals surface area contributed by atoms with Crippen molar-refractivity contribution in [2.45, 2.75) is 144 Å². The van der Waals surface area contributed by atoms with Gasteiger partial charge in [0, 0.05) is 24.3 Å². The van der Waals surface area contributed by atoms with Crippen LogP contribution in [0.4, 0.5) is 0 Å². The lowest BCUT2D eigenvalue weighted by Gasteiger charge is -2.46. The summed E-state index contributed by atoms with van der Waals surface area (Å²) >= 11 is 0. The van der Waals surface area contributed by atoms with E-state index in [0.29, 0.717) is 17.4 Å². The number of allylic oxidation sites excluding steroid dienone is 2. The van der Waals surface area contributed by atoms with Crippen molar-refractivity contribution >= 4 is 7.85 Å². The quantitative estimate of drug-likeness (QED) is 0.141. The highest BCUT2D eigenvalue weighted by molar-refractivity contribution is 6.20. The van der Waals surface area contributed by atoms with Gasteiger partial charge < -0.3 is 19.7 Å². The first-order chi connectivity index (χ1) is 24.3. The van der Waals surface area contributed by atoms with E-state index in [-0.39, 0.29) is 17.1 Å². The molecule has 2 aliphatic heterocycles. The van der Waals surface area contributed by atoms with Crippen molar-refractivity contribution in [3.63, 3.8) is 0 Å². The number of phenolic OH excluding ortho intramolecular Hbond substituents is 2. The molecule has 6 rings (SSSR count). The molecule has 3 aromatic rings. The number of ether oxygens (including phenoxy) is 2. The van der Waals surface area contributed by atoms with Gasteiger partial charge in [-0.3, -0.25) is 0 Å². The molecule has 5 nitrogen and oxygen atoms in total. The molecular weight excluding hydrogens is 617 g/mol. The zero-order valence-electron chi connectivity index (χ0n) is 33.1. The molecule has 50 heavy (non-hydrogen) atoms. The highest BCUT2D eigenvalue weighted by atomic mass is 16.5. The number of rotatable bonds is 8. The van der Waals surface area contributed by atoms with Crippen molar-refractivity contribution in [2.75, 3.05) is 0 Å². The number of benzene rings is 3. The highest BCUT2D eigenvalue weighted by Crippen LogP contribution is 2.54. The third kappa shape index (κ3) is 9.28. The standard InChI is InChI=1S/C21H30O2.C21H26O2.CBN.CH4/c2*1-5-6-7-8-15-12-18(22)20-16-11-14(2)9-10-17(16)21(3,4)23-19(20)13-15;2-1-3;/h11-13,16-17,22H,5-10H2,1-4H3;9-13,22H,5-8H2,1-4H3;;1H4/t16?,17-;;;/m1.../s1/i;;;1T. The molecule has 2 atom stereocenters. The zero-order chi connectivity index (χ0) is 37.9. The molecule has 6 heteroatoms. The van der Waals surface area contributed by atoms with E-state index in [0.717, 1.165) is 71.4 Å². The maximum absolute atomic E-state index is 10.7. The third-order valence-electron chi connectivity index (χ3n) is 10.3. The Morgan fingerprint density at radius 3 is 2.06 bits per heavy atom. The summed E-state index contributed by atoms with van der Waals surface area (Å²) in [6, 6.07) is 14.5. The van der Waals surface area contributed by atoms with Crippen molar-refractivity contribution in [1.82, 2.24) is 0 Å². The second-order valence-corrected chi connectivity index (χ2v) is 15.1. The van der Waals surface area contributed by atoms with Crippen molar-refractivity contribution in [1.29, 1.82) is 5.26 Å². The van der Waals surface area contributed by atoms with Crippen LogP contribution in [0.1, 0.15) is 142 Å². The topological polar surface area (TPSA) is 82.7 Å². The van der Waals surface area contributed by atoms with Crippen LogP contribution in [0.5, 0.6) is 23.0 Å². The van der Waals surface area contributed by atoms with E-state index in [9.17, 15) is 10.2 Å². The van der Waals surface area contributed by atoms with E-state index in [1.807, 2.05) is 12.1 Å². The van der Waals surface area contributed by atoms with Crippen LogP contribution in [0.2, 0.25) is 0 Å². The van der Waals surface area contributed by atoms with Gasteiger partial charge in [0.15, 0.2) is 0 Å². The second-order valence-electron chi connectivity index (χ2n) is 15.1. The van der Waals surface area contributed by atoms with Gasteiger partial charge in [-0.05, 0) is 127 Å². The number of nitriles is 1. The summed E-state index contributed by atoms with van der Waals surface area (Å²) in [5.74, 6) is 4.43. The Hall–Kier alpha value is -3.85.